The number of fused-ring (bicyclic) bond motifs is 1. The topological polar surface area (TPSA) is 44.4 Å². The molecule has 31 heavy (non-hydrogen) atoms. The molecule has 4 nitrogen and oxygen atoms in total. The van der Waals surface area contributed by atoms with Gasteiger partial charge in [-0.25, -0.2) is 0 Å². The smallest absolute Gasteiger partial charge is 0.237 e. The van der Waals surface area contributed by atoms with Crippen molar-refractivity contribution in [2.45, 2.75) is 51.4 Å². The number of rotatable bonds is 7. The molecule has 0 saturated carbocycles. The van der Waals surface area contributed by atoms with E-state index >= 15 is 0 Å². The third-order valence-electron chi connectivity index (χ3n) is 6.39. The number of nitrogens with one attached hydrogen (secondary N) is 2. The number of nitrogens with zero attached hydrogens (tertiary/aromatic N) is 1. The third-order valence-corrected chi connectivity index (χ3v) is 6.39. The van der Waals surface area contributed by atoms with Gasteiger partial charge in [-0.3, -0.25) is 9.69 Å². The summed E-state index contributed by atoms with van der Waals surface area (Å²) in [6.45, 7) is 6.91. The van der Waals surface area contributed by atoms with Gasteiger partial charge in [0.15, 0.2) is 0 Å². The zero-order valence-corrected chi connectivity index (χ0v) is 18.8. The van der Waals surface area contributed by atoms with Gasteiger partial charge < -0.3 is 10.6 Å². The van der Waals surface area contributed by atoms with E-state index in [0.717, 1.165) is 26.1 Å². The van der Waals surface area contributed by atoms with E-state index in [1.807, 2.05) is 0 Å². The molecule has 2 atom stereocenters. The first-order valence-electron chi connectivity index (χ1n) is 11.3. The number of likely N-dealkylation sites (N-methyl/N-ethyl adjacent to an activating group) is 1. The minimum Gasteiger partial charge on any atom is -0.358 e. The van der Waals surface area contributed by atoms with E-state index in [2.05, 4.69) is 96.1 Å². The van der Waals surface area contributed by atoms with Crippen LogP contribution in [0.1, 0.15) is 42.9 Å². The Hall–Kier alpha value is -2.69. The summed E-state index contributed by atoms with van der Waals surface area (Å²) in [7, 11) is 1.73. The molecule has 4 heteroatoms. The number of hydrogen-bond donors (Lipinski definition) is 2. The molecule has 1 aliphatic rings. The molecule has 1 heterocycles. The van der Waals surface area contributed by atoms with Crippen LogP contribution in [0.4, 0.5) is 0 Å². The first kappa shape index (κ1) is 21.5. The standard InChI is InChI=1S/C27H33N3O/c1-19(2)22-11-8-20(9-12-22)16-29-25-15-26(27(31)28-3)30(18-25)17-21-10-13-23-6-4-5-7-24(23)14-21/h4-14,19,25-26,29H,15-18H2,1-3H3,(H,28,31)/t25-,26+/m1/s1. The van der Waals surface area contributed by atoms with Crippen molar-refractivity contribution >= 4 is 16.7 Å². The van der Waals surface area contributed by atoms with Crippen molar-refractivity contribution in [1.82, 2.24) is 15.5 Å². The summed E-state index contributed by atoms with van der Waals surface area (Å²) < 4.78 is 0. The highest BCUT2D eigenvalue weighted by Crippen LogP contribution is 2.24. The molecule has 0 spiro atoms. The summed E-state index contributed by atoms with van der Waals surface area (Å²) >= 11 is 0. The Balaban J connectivity index is 1.42. The van der Waals surface area contributed by atoms with Gasteiger partial charge in [-0.2, -0.15) is 0 Å². The summed E-state index contributed by atoms with van der Waals surface area (Å²) in [5.74, 6) is 0.653. The second-order valence-electron chi connectivity index (χ2n) is 8.95. The molecule has 3 aromatic carbocycles. The first-order chi connectivity index (χ1) is 15.0. The van der Waals surface area contributed by atoms with E-state index in [-0.39, 0.29) is 11.9 Å². The Bertz CT molecular complexity index is 1030. The summed E-state index contributed by atoms with van der Waals surface area (Å²) in [6.07, 6.45) is 0.831. The van der Waals surface area contributed by atoms with Crippen LogP contribution in [0.25, 0.3) is 10.8 Å². The molecular weight excluding hydrogens is 382 g/mol. The maximum Gasteiger partial charge on any atom is 0.237 e. The number of hydrogen-bond acceptors (Lipinski definition) is 3. The lowest BCUT2D eigenvalue weighted by Crippen LogP contribution is -2.41. The van der Waals surface area contributed by atoms with Crippen LogP contribution in [-0.4, -0.2) is 36.5 Å². The highest BCUT2D eigenvalue weighted by Gasteiger charge is 2.36. The van der Waals surface area contributed by atoms with Gasteiger partial charge in [0.05, 0.1) is 6.04 Å². The van der Waals surface area contributed by atoms with E-state index in [4.69, 9.17) is 0 Å². The maximum absolute atomic E-state index is 12.6. The van der Waals surface area contributed by atoms with Crippen molar-refractivity contribution in [3.05, 3.63) is 83.4 Å². The second kappa shape index (κ2) is 9.63. The van der Waals surface area contributed by atoms with Crippen LogP contribution in [0.5, 0.6) is 0 Å². The van der Waals surface area contributed by atoms with Gasteiger partial charge in [-0.1, -0.05) is 74.5 Å². The fourth-order valence-electron chi connectivity index (χ4n) is 4.52. The van der Waals surface area contributed by atoms with Gasteiger partial charge in [0.25, 0.3) is 0 Å². The van der Waals surface area contributed by atoms with E-state index in [0.29, 0.717) is 12.0 Å². The lowest BCUT2D eigenvalue weighted by molar-refractivity contribution is -0.125. The van der Waals surface area contributed by atoms with Gasteiger partial charge in [-0.15, -0.1) is 0 Å². The Morgan fingerprint density at radius 2 is 1.71 bits per heavy atom. The van der Waals surface area contributed by atoms with Crippen LogP contribution in [0.3, 0.4) is 0 Å². The Morgan fingerprint density at radius 3 is 2.42 bits per heavy atom. The molecule has 0 aromatic heterocycles. The zero-order valence-electron chi connectivity index (χ0n) is 18.8. The molecule has 1 fully saturated rings. The Morgan fingerprint density at radius 1 is 1.00 bits per heavy atom. The highest BCUT2D eigenvalue weighted by molar-refractivity contribution is 5.83. The molecule has 3 aromatic rings. The summed E-state index contributed by atoms with van der Waals surface area (Å²) in [5, 5.41) is 9.03. The Kier molecular flexibility index (Phi) is 6.69. The summed E-state index contributed by atoms with van der Waals surface area (Å²) in [5.41, 5.74) is 3.90. The fourth-order valence-corrected chi connectivity index (χ4v) is 4.52. The molecule has 1 aliphatic heterocycles. The van der Waals surface area contributed by atoms with Gasteiger partial charge in [0, 0.05) is 32.7 Å². The molecule has 0 unspecified atom stereocenters. The van der Waals surface area contributed by atoms with E-state index in [9.17, 15) is 4.79 Å². The molecule has 0 aliphatic carbocycles. The molecule has 0 radical (unpaired) electrons. The number of carbonyl (C=O) groups is 1. The van der Waals surface area contributed by atoms with Crippen LogP contribution in [0.15, 0.2) is 66.7 Å². The zero-order chi connectivity index (χ0) is 21.8. The van der Waals surface area contributed by atoms with Gasteiger partial charge in [0.1, 0.15) is 0 Å². The van der Waals surface area contributed by atoms with Crippen LogP contribution in [-0.2, 0) is 17.9 Å². The van der Waals surface area contributed by atoms with Gasteiger partial charge in [0.2, 0.25) is 5.91 Å². The summed E-state index contributed by atoms with van der Waals surface area (Å²) in [6, 6.07) is 24.1. The predicted molar refractivity (Wildman–Crippen MR) is 128 cm³/mol. The molecule has 162 valence electrons. The Labute approximate surface area is 185 Å². The molecule has 4 rings (SSSR count). The molecule has 1 saturated heterocycles. The molecular formula is C27H33N3O. The first-order valence-corrected chi connectivity index (χ1v) is 11.3. The fraction of sp³-hybridized carbons (Fsp3) is 0.370. The second-order valence-corrected chi connectivity index (χ2v) is 8.95. The lowest BCUT2D eigenvalue weighted by atomic mass is 10.0. The van der Waals surface area contributed by atoms with Gasteiger partial charge in [-0.05, 0) is 45.9 Å². The predicted octanol–water partition coefficient (Wildman–Crippen LogP) is 4.44. The quantitative estimate of drug-likeness (QED) is 0.600. The molecule has 2 N–H and O–H groups in total. The van der Waals surface area contributed by atoms with Crippen molar-refractivity contribution in [3.8, 4) is 0 Å². The van der Waals surface area contributed by atoms with E-state index in [1.165, 1.54) is 27.5 Å². The number of benzene rings is 3. The van der Waals surface area contributed by atoms with E-state index in [1.54, 1.807) is 7.05 Å². The van der Waals surface area contributed by atoms with Crippen molar-refractivity contribution in [1.29, 1.82) is 0 Å². The van der Waals surface area contributed by atoms with Crippen molar-refractivity contribution in [2.75, 3.05) is 13.6 Å². The van der Waals surface area contributed by atoms with Crippen LogP contribution in [0.2, 0.25) is 0 Å². The maximum atomic E-state index is 12.6. The summed E-state index contributed by atoms with van der Waals surface area (Å²) in [4.78, 5) is 14.9. The molecule has 0 bridgehead atoms. The largest absolute Gasteiger partial charge is 0.358 e. The minimum atomic E-state index is -0.0997. The highest BCUT2D eigenvalue weighted by atomic mass is 16.2. The van der Waals surface area contributed by atoms with Crippen LogP contribution in [0, 0.1) is 0 Å². The number of amides is 1. The molecule has 1 amide bonds. The van der Waals surface area contributed by atoms with Crippen LogP contribution < -0.4 is 10.6 Å². The number of likely N-dealkylation sites (tertiary alicyclic amines) is 1. The van der Waals surface area contributed by atoms with Crippen molar-refractivity contribution in [3.63, 3.8) is 0 Å². The minimum absolute atomic E-state index is 0.0997. The number of carbonyl (C=O) groups excluding carboxylic acids is 1. The monoisotopic (exact) mass is 415 g/mol. The third kappa shape index (κ3) is 5.15. The normalized spacial score (nSPS) is 19.2. The average Bonchev–Trinajstić information content (AvgIpc) is 3.20. The van der Waals surface area contributed by atoms with Gasteiger partial charge >= 0.3 is 0 Å². The SMILES string of the molecule is CNC(=O)[C@@H]1C[C@@H](NCc2ccc(C(C)C)cc2)CN1Cc1ccc2ccccc2c1. The van der Waals surface area contributed by atoms with Crippen molar-refractivity contribution < 1.29 is 4.79 Å². The van der Waals surface area contributed by atoms with Crippen LogP contribution >= 0.6 is 0 Å². The van der Waals surface area contributed by atoms with Crippen molar-refractivity contribution in [2.24, 2.45) is 0 Å². The average molecular weight is 416 g/mol. The van der Waals surface area contributed by atoms with E-state index < -0.39 is 0 Å². The lowest BCUT2D eigenvalue weighted by Gasteiger charge is -2.23.